The third kappa shape index (κ3) is 6.48. The first-order valence-corrected chi connectivity index (χ1v) is 16.5. The Hall–Kier alpha value is -5.67. The molecule has 52 heavy (non-hydrogen) atoms. The predicted octanol–water partition coefficient (Wildman–Crippen LogP) is 6.22. The number of carbonyl (C=O) groups excluding carboxylic acids is 1. The van der Waals surface area contributed by atoms with Gasteiger partial charge >= 0.3 is 23.3 Å². The number of benzene rings is 1. The smallest absolute Gasteiger partial charge is 0.407 e. The topological polar surface area (TPSA) is 170 Å². The van der Waals surface area contributed by atoms with Gasteiger partial charge in [0.05, 0.1) is 60.0 Å². The second kappa shape index (κ2) is 14.2. The van der Waals surface area contributed by atoms with E-state index in [9.17, 15) is 29.6 Å². The quantitative estimate of drug-likeness (QED) is 0.124. The van der Waals surface area contributed by atoms with E-state index in [4.69, 9.17) is 9.47 Å². The van der Waals surface area contributed by atoms with Gasteiger partial charge in [0.2, 0.25) is 0 Å². The van der Waals surface area contributed by atoms with Crippen LogP contribution in [0.25, 0.3) is 28.0 Å². The summed E-state index contributed by atoms with van der Waals surface area (Å²) in [7, 11) is 2.42. The lowest BCUT2D eigenvalue weighted by molar-refractivity contribution is -0.385. The van der Waals surface area contributed by atoms with Gasteiger partial charge in [0.1, 0.15) is 22.9 Å². The van der Waals surface area contributed by atoms with Crippen molar-refractivity contribution in [3.8, 4) is 22.7 Å². The zero-order chi connectivity index (χ0) is 38.4. The number of aryl methyl sites for hydroxylation is 1. The Bertz CT molecular complexity index is 2150. The molecular formula is C36H40F2N6O8. The average Bonchev–Trinajstić information content (AvgIpc) is 3.07. The summed E-state index contributed by atoms with van der Waals surface area (Å²) in [6.07, 6.45) is -0.198. The molecule has 1 aliphatic rings. The SMILES string of the molecule is COC(=O)CC1C(C(C)(C)C)N(C(=O)O)CCN1c1c([N+](=O)[O-])c(=O)n(-c2c(C)ccnc2C(C)C)c2nc(-c3c(F)cccc3OC)c(F)cc12. The Labute approximate surface area is 297 Å². The Kier molecular flexibility index (Phi) is 10.2. The molecule has 1 aromatic carbocycles. The fourth-order valence-electron chi connectivity index (χ4n) is 7.19. The fourth-order valence-corrected chi connectivity index (χ4v) is 7.19. The van der Waals surface area contributed by atoms with Crippen LogP contribution in [0.3, 0.4) is 0 Å². The van der Waals surface area contributed by atoms with E-state index < -0.39 is 69.5 Å². The normalized spacial score (nSPS) is 16.4. The Morgan fingerprint density at radius 2 is 1.81 bits per heavy atom. The van der Waals surface area contributed by atoms with Gasteiger partial charge in [-0.25, -0.2) is 18.6 Å². The number of fused-ring (bicyclic) bond motifs is 1. The van der Waals surface area contributed by atoms with Crippen molar-refractivity contribution in [2.24, 2.45) is 5.41 Å². The van der Waals surface area contributed by atoms with Crippen molar-refractivity contribution in [2.45, 2.75) is 66.0 Å². The second-order valence-corrected chi connectivity index (χ2v) is 13.9. The highest BCUT2D eigenvalue weighted by atomic mass is 19.1. The molecule has 0 aliphatic carbocycles. The van der Waals surface area contributed by atoms with Crippen LogP contribution in [0, 0.1) is 34.1 Å². The number of ether oxygens (including phenoxy) is 2. The molecule has 1 aliphatic heterocycles. The number of aromatic nitrogens is 3. The molecule has 1 N–H and O–H groups in total. The highest BCUT2D eigenvalue weighted by molar-refractivity contribution is 5.98. The van der Waals surface area contributed by atoms with Crippen molar-refractivity contribution in [1.82, 2.24) is 19.4 Å². The minimum absolute atomic E-state index is 0.0573. The van der Waals surface area contributed by atoms with Crippen molar-refractivity contribution >= 4 is 34.5 Å². The van der Waals surface area contributed by atoms with Gasteiger partial charge in [0.25, 0.3) is 0 Å². The fraction of sp³-hybridized carbons (Fsp3) is 0.417. The molecule has 5 rings (SSSR count). The number of carboxylic acid groups (broad SMARTS) is 1. The van der Waals surface area contributed by atoms with E-state index in [1.54, 1.807) is 33.8 Å². The number of hydrogen-bond acceptors (Lipinski definition) is 10. The third-order valence-corrected chi connectivity index (χ3v) is 9.30. The number of anilines is 1. The lowest BCUT2D eigenvalue weighted by Crippen LogP contribution is -2.65. The van der Waals surface area contributed by atoms with Gasteiger partial charge in [-0.2, -0.15) is 0 Å². The van der Waals surface area contributed by atoms with E-state index in [1.807, 2.05) is 13.8 Å². The molecule has 4 aromatic rings. The largest absolute Gasteiger partial charge is 0.496 e. The second-order valence-electron chi connectivity index (χ2n) is 13.9. The molecule has 276 valence electrons. The van der Waals surface area contributed by atoms with E-state index in [-0.39, 0.29) is 52.7 Å². The summed E-state index contributed by atoms with van der Waals surface area (Å²) in [5.74, 6) is -3.08. The molecule has 1 amide bonds. The molecule has 0 radical (unpaired) electrons. The maximum Gasteiger partial charge on any atom is 0.407 e. The van der Waals surface area contributed by atoms with Crippen LogP contribution in [0.15, 0.2) is 41.3 Å². The number of carbonyl (C=O) groups is 2. The molecule has 0 saturated carbocycles. The molecule has 1 saturated heterocycles. The Balaban J connectivity index is 2.02. The number of esters is 1. The number of piperazine rings is 1. The predicted molar refractivity (Wildman–Crippen MR) is 188 cm³/mol. The number of methoxy groups -OCH3 is 2. The minimum atomic E-state index is -1.28. The minimum Gasteiger partial charge on any atom is -0.496 e. The van der Waals surface area contributed by atoms with Crippen LogP contribution in [0.2, 0.25) is 0 Å². The molecule has 2 atom stereocenters. The van der Waals surface area contributed by atoms with Crippen LogP contribution in [0.1, 0.15) is 58.2 Å². The molecule has 0 bridgehead atoms. The molecule has 3 aromatic heterocycles. The van der Waals surface area contributed by atoms with Gasteiger partial charge in [0, 0.05) is 19.3 Å². The van der Waals surface area contributed by atoms with Crippen LogP contribution in [0.5, 0.6) is 5.75 Å². The van der Waals surface area contributed by atoms with Gasteiger partial charge < -0.3 is 24.4 Å². The molecular weight excluding hydrogens is 682 g/mol. The van der Waals surface area contributed by atoms with Crippen LogP contribution in [0.4, 0.5) is 25.0 Å². The molecule has 14 nitrogen and oxygen atoms in total. The van der Waals surface area contributed by atoms with Gasteiger partial charge in [-0.15, -0.1) is 0 Å². The number of halogens is 2. The van der Waals surface area contributed by atoms with Crippen LogP contribution in [-0.4, -0.2) is 80.9 Å². The molecule has 1 fully saturated rings. The summed E-state index contributed by atoms with van der Waals surface area (Å²) >= 11 is 0. The van der Waals surface area contributed by atoms with Gasteiger partial charge in [-0.1, -0.05) is 40.7 Å². The Morgan fingerprint density at radius 1 is 1.12 bits per heavy atom. The van der Waals surface area contributed by atoms with E-state index in [0.717, 1.165) is 28.7 Å². The summed E-state index contributed by atoms with van der Waals surface area (Å²) in [5.41, 5.74) is -3.45. The maximum absolute atomic E-state index is 16.6. The maximum atomic E-state index is 16.6. The molecule has 2 unspecified atom stereocenters. The summed E-state index contributed by atoms with van der Waals surface area (Å²) in [4.78, 5) is 64.1. The first-order valence-electron chi connectivity index (χ1n) is 16.5. The van der Waals surface area contributed by atoms with Gasteiger partial charge in [-0.05, 0) is 48.1 Å². The molecule has 0 spiro atoms. The highest BCUT2D eigenvalue weighted by Crippen LogP contribution is 2.44. The van der Waals surface area contributed by atoms with Gasteiger partial charge in [-0.3, -0.25) is 29.3 Å². The van der Waals surface area contributed by atoms with Crippen LogP contribution < -0.4 is 15.2 Å². The van der Waals surface area contributed by atoms with Crippen molar-refractivity contribution < 1.29 is 37.9 Å². The number of pyridine rings is 3. The molecule has 16 heteroatoms. The van der Waals surface area contributed by atoms with Gasteiger partial charge in [0.15, 0.2) is 11.5 Å². The Morgan fingerprint density at radius 3 is 2.38 bits per heavy atom. The number of hydrogen-bond donors (Lipinski definition) is 1. The standard InChI is InChI=1S/C36H40F2N6O8/c1-18(2)27-29(19(3)12-13-39-27)43-33-20(16-22(38)28(40-33)26-21(37)10-9-11-24(26)51-7)30(31(34(43)46)44(49)50)41-14-15-42(35(47)48)32(36(4,5)6)23(41)17-25(45)52-8/h9-13,16,18,23,32H,14-15,17H2,1-8H3,(H,47,48). The van der Waals surface area contributed by atoms with Crippen LogP contribution >= 0.6 is 0 Å². The van der Waals surface area contributed by atoms with Crippen LogP contribution in [-0.2, 0) is 9.53 Å². The third-order valence-electron chi connectivity index (χ3n) is 9.30. The zero-order valence-electron chi connectivity index (χ0n) is 30.1. The average molecular weight is 723 g/mol. The van der Waals surface area contributed by atoms with E-state index in [0.29, 0.717) is 11.3 Å². The van der Waals surface area contributed by atoms with E-state index in [2.05, 4.69) is 9.97 Å². The lowest BCUT2D eigenvalue weighted by Gasteiger charge is -2.52. The first-order chi connectivity index (χ1) is 24.4. The summed E-state index contributed by atoms with van der Waals surface area (Å²) in [6, 6.07) is 4.31. The number of rotatable bonds is 8. The number of nitro groups is 1. The molecule has 4 heterocycles. The zero-order valence-corrected chi connectivity index (χ0v) is 30.1. The number of nitrogens with zero attached hydrogens (tertiary/aromatic N) is 6. The van der Waals surface area contributed by atoms with Crippen molar-refractivity contribution in [3.63, 3.8) is 0 Å². The first kappa shape index (κ1) is 37.6. The van der Waals surface area contributed by atoms with Crippen molar-refractivity contribution in [3.05, 3.63) is 79.9 Å². The van der Waals surface area contributed by atoms with E-state index in [1.165, 1.54) is 30.3 Å². The summed E-state index contributed by atoms with van der Waals surface area (Å²) in [5, 5.41) is 23.1. The van der Waals surface area contributed by atoms with Crippen molar-refractivity contribution in [1.29, 1.82) is 0 Å². The monoisotopic (exact) mass is 722 g/mol. The summed E-state index contributed by atoms with van der Waals surface area (Å²) in [6.45, 7) is 10.1. The highest BCUT2D eigenvalue weighted by Gasteiger charge is 2.48. The van der Waals surface area contributed by atoms with E-state index >= 15 is 8.78 Å². The lowest BCUT2D eigenvalue weighted by atomic mass is 9.78. The number of amides is 1. The summed E-state index contributed by atoms with van der Waals surface area (Å²) < 4.78 is 43.4. The van der Waals surface area contributed by atoms with Crippen molar-refractivity contribution in [2.75, 3.05) is 32.2 Å².